The van der Waals surface area contributed by atoms with E-state index in [4.69, 9.17) is 39.1 Å². The van der Waals surface area contributed by atoms with Crippen LogP contribution in [0.5, 0.6) is 11.5 Å². The molecule has 0 aliphatic rings. The Hall–Kier alpha value is -3.21. The molecule has 0 saturated carbocycles. The second-order valence-corrected chi connectivity index (χ2v) is 8.03. The van der Waals surface area contributed by atoms with Crippen LogP contribution >= 0.6 is 23.2 Å². The highest BCUT2D eigenvalue weighted by Crippen LogP contribution is 2.28. The van der Waals surface area contributed by atoms with E-state index in [-0.39, 0.29) is 23.1 Å². The SMILES string of the molecule is C#CCOc1ccc(/C=N\NC(=O)C(NC(=O)c2ccc(Cl)cc2Cl)C(C)C)cc1OCC. The second-order valence-electron chi connectivity index (χ2n) is 7.19. The molecule has 7 nitrogen and oxygen atoms in total. The molecule has 0 heterocycles. The van der Waals surface area contributed by atoms with Gasteiger partial charge in [0.1, 0.15) is 12.6 Å². The van der Waals surface area contributed by atoms with Gasteiger partial charge in [-0.15, -0.1) is 6.42 Å². The zero-order valence-electron chi connectivity index (χ0n) is 18.5. The summed E-state index contributed by atoms with van der Waals surface area (Å²) in [6.07, 6.45) is 6.69. The van der Waals surface area contributed by atoms with Crippen molar-refractivity contribution in [2.24, 2.45) is 11.0 Å². The van der Waals surface area contributed by atoms with Gasteiger partial charge >= 0.3 is 0 Å². The minimum atomic E-state index is -0.833. The molecular formula is C24H25Cl2N3O4. The largest absolute Gasteiger partial charge is 0.490 e. The molecule has 0 radical (unpaired) electrons. The topological polar surface area (TPSA) is 89.0 Å². The predicted molar refractivity (Wildman–Crippen MR) is 130 cm³/mol. The number of terminal acetylenes is 1. The van der Waals surface area contributed by atoms with Crippen molar-refractivity contribution in [1.82, 2.24) is 10.7 Å². The van der Waals surface area contributed by atoms with Crippen LogP contribution in [0.2, 0.25) is 10.0 Å². The van der Waals surface area contributed by atoms with Gasteiger partial charge in [-0.2, -0.15) is 5.10 Å². The summed E-state index contributed by atoms with van der Waals surface area (Å²) in [6.45, 7) is 6.02. The molecule has 1 atom stereocenters. The van der Waals surface area contributed by atoms with Gasteiger partial charge in [0.15, 0.2) is 11.5 Å². The van der Waals surface area contributed by atoms with Crippen LogP contribution in [0.25, 0.3) is 0 Å². The smallest absolute Gasteiger partial charge is 0.262 e. The van der Waals surface area contributed by atoms with Gasteiger partial charge in [0.25, 0.3) is 11.8 Å². The molecule has 2 N–H and O–H groups in total. The molecule has 0 aliphatic carbocycles. The molecular weight excluding hydrogens is 465 g/mol. The number of hydrazone groups is 1. The van der Waals surface area contributed by atoms with E-state index in [0.717, 1.165) is 0 Å². The number of nitrogens with zero attached hydrogens (tertiary/aromatic N) is 1. The molecule has 2 aromatic carbocycles. The van der Waals surface area contributed by atoms with Crippen molar-refractivity contribution in [2.75, 3.05) is 13.2 Å². The Balaban J connectivity index is 2.07. The van der Waals surface area contributed by atoms with Crippen LogP contribution in [0.1, 0.15) is 36.7 Å². The molecule has 2 rings (SSSR count). The molecule has 0 saturated heterocycles. The maximum Gasteiger partial charge on any atom is 0.262 e. The number of ether oxygens (including phenoxy) is 2. The first-order chi connectivity index (χ1) is 15.8. The summed E-state index contributed by atoms with van der Waals surface area (Å²) in [4.78, 5) is 25.3. The molecule has 0 spiro atoms. The molecule has 1 unspecified atom stereocenters. The quantitative estimate of drug-likeness (QED) is 0.295. The standard InChI is InChI=1S/C24H25Cl2N3O4/c1-5-11-33-20-10-7-16(12-21(20)32-6-2)14-27-29-24(31)22(15(3)4)28-23(30)18-9-8-17(25)13-19(18)26/h1,7-10,12-15,22H,6,11H2,2-4H3,(H,28,30)(H,29,31)/b27-14-. The van der Waals surface area contributed by atoms with Crippen molar-refractivity contribution in [1.29, 1.82) is 0 Å². The predicted octanol–water partition coefficient (Wildman–Crippen LogP) is 4.31. The number of halogens is 2. The van der Waals surface area contributed by atoms with E-state index >= 15 is 0 Å². The first kappa shape index (κ1) is 26.0. The number of rotatable bonds is 10. The fourth-order valence-corrected chi connectivity index (χ4v) is 3.27. The lowest BCUT2D eigenvalue weighted by atomic mass is 10.0. The van der Waals surface area contributed by atoms with E-state index in [1.54, 1.807) is 38.1 Å². The van der Waals surface area contributed by atoms with Gasteiger partial charge in [0.2, 0.25) is 0 Å². The number of nitrogens with one attached hydrogen (secondary N) is 2. The molecule has 0 fully saturated rings. The second kappa shape index (κ2) is 12.7. The van der Waals surface area contributed by atoms with Gasteiger partial charge in [-0.25, -0.2) is 5.43 Å². The summed E-state index contributed by atoms with van der Waals surface area (Å²) in [5, 5.41) is 7.29. The van der Waals surface area contributed by atoms with E-state index < -0.39 is 17.9 Å². The van der Waals surface area contributed by atoms with Gasteiger partial charge < -0.3 is 14.8 Å². The van der Waals surface area contributed by atoms with Gasteiger partial charge in [0.05, 0.1) is 23.4 Å². The van der Waals surface area contributed by atoms with Gasteiger partial charge in [-0.3, -0.25) is 9.59 Å². The van der Waals surface area contributed by atoms with Crippen LogP contribution in [0.3, 0.4) is 0 Å². The molecule has 0 aliphatic heterocycles. The lowest BCUT2D eigenvalue weighted by Crippen LogP contribution is -2.48. The highest BCUT2D eigenvalue weighted by atomic mass is 35.5. The number of amides is 2. The zero-order chi connectivity index (χ0) is 24.4. The van der Waals surface area contributed by atoms with E-state index in [2.05, 4.69) is 21.8 Å². The number of hydrogen-bond donors (Lipinski definition) is 2. The zero-order valence-corrected chi connectivity index (χ0v) is 20.0. The third kappa shape index (κ3) is 7.70. The highest BCUT2D eigenvalue weighted by Gasteiger charge is 2.25. The summed E-state index contributed by atoms with van der Waals surface area (Å²) < 4.78 is 11.0. The van der Waals surface area contributed by atoms with Crippen LogP contribution in [0, 0.1) is 18.3 Å². The molecule has 9 heteroatoms. The number of hydrogen-bond acceptors (Lipinski definition) is 5. The van der Waals surface area contributed by atoms with Crippen LogP contribution in [-0.2, 0) is 4.79 Å². The summed E-state index contributed by atoms with van der Waals surface area (Å²) in [5.74, 6) is 2.26. The Labute approximate surface area is 203 Å². The molecule has 2 amide bonds. The maximum absolute atomic E-state index is 12.7. The van der Waals surface area contributed by atoms with Crippen molar-refractivity contribution in [3.8, 4) is 23.8 Å². The molecule has 174 valence electrons. The number of carbonyl (C=O) groups excluding carboxylic acids is 2. The first-order valence-corrected chi connectivity index (χ1v) is 10.9. The van der Waals surface area contributed by atoms with Crippen molar-refractivity contribution < 1.29 is 19.1 Å². The third-order valence-electron chi connectivity index (χ3n) is 4.38. The molecule has 0 bridgehead atoms. The lowest BCUT2D eigenvalue weighted by molar-refractivity contribution is -0.123. The average molecular weight is 490 g/mol. The van der Waals surface area contributed by atoms with Crippen LogP contribution in [0.15, 0.2) is 41.5 Å². The van der Waals surface area contributed by atoms with Crippen molar-refractivity contribution in [2.45, 2.75) is 26.8 Å². The first-order valence-electron chi connectivity index (χ1n) is 10.2. The summed E-state index contributed by atoms with van der Waals surface area (Å²) in [7, 11) is 0. The van der Waals surface area contributed by atoms with E-state index in [1.165, 1.54) is 18.3 Å². The Kier molecular flexibility index (Phi) is 10.0. The molecule has 2 aromatic rings. The summed E-state index contributed by atoms with van der Waals surface area (Å²) in [5.41, 5.74) is 3.35. The van der Waals surface area contributed by atoms with Crippen LogP contribution < -0.4 is 20.2 Å². The third-order valence-corrected chi connectivity index (χ3v) is 4.93. The van der Waals surface area contributed by atoms with E-state index in [0.29, 0.717) is 28.7 Å². The summed E-state index contributed by atoms with van der Waals surface area (Å²) >= 11 is 12.0. The molecule has 0 aromatic heterocycles. The number of carbonyl (C=O) groups is 2. The van der Waals surface area contributed by atoms with Crippen molar-refractivity contribution in [3.05, 3.63) is 57.6 Å². The van der Waals surface area contributed by atoms with Crippen LogP contribution in [0.4, 0.5) is 0 Å². The Bertz CT molecular complexity index is 1060. The summed E-state index contributed by atoms with van der Waals surface area (Å²) in [6, 6.07) is 8.85. The lowest BCUT2D eigenvalue weighted by Gasteiger charge is -2.20. The Morgan fingerprint density at radius 2 is 1.91 bits per heavy atom. The number of benzene rings is 2. The fourth-order valence-electron chi connectivity index (χ4n) is 2.78. The van der Waals surface area contributed by atoms with Gasteiger partial charge in [-0.1, -0.05) is 43.0 Å². The minimum absolute atomic E-state index is 0.118. The fraction of sp³-hybridized carbons (Fsp3) is 0.292. The normalized spacial score (nSPS) is 11.7. The van der Waals surface area contributed by atoms with Crippen LogP contribution in [-0.4, -0.2) is 37.3 Å². The Morgan fingerprint density at radius 1 is 1.15 bits per heavy atom. The van der Waals surface area contributed by atoms with E-state index in [1.807, 2.05) is 6.92 Å². The van der Waals surface area contributed by atoms with Gasteiger partial charge in [-0.05, 0) is 54.8 Å². The van der Waals surface area contributed by atoms with Crippen molar-refractivity contribution >= 4 is 41.2 Å². The van der Waals surface area contributed by atoms with Crippen molar-refractivity contribution in [3.63, 3.8) is 0 Å². The van der Waals surface area contributed by atoms with E-state index in [9.17, 15) is 9.59 Å². The van der Waals surface area contributed by atoms with Gasteiger partial charge in [0, 0.05) is 5.02 Å². The highest BCUT2D eigenvalue weighted by molar-refractivity contribution is 6.36. The minimum Gasteiger partial charge on any atom is -0.490 e. The average Bonchev–Trinajstić information content (AvgIpc) is 2.76. The monoisotopic (exact) mass is 489 g/mol. The maximum atomic E-state index is 12.7. The Morgan fingerprint density at radius 3 is 2.55 bits per heavy atom. The molecule has 33 heavy (non-hydrogen) atoms.